The number of hydrogen-bond acceptors (Lipinski definition) is 3. The fourth-order valence-corrected chi connectivity index (χ4v) is 3.42. The Morgan fingerprint density at radius 2 is 2.00 bits per heavy atom. The van der Waals surface area contributed by atoms with Gasteiger partial charge < -0.3 is 15.0 Å². The average molecular weight is 410 g/mol. The van der Waals surface area contributed by atoms with E-state index in [0.717, 1.165) is 29.7 Å². The molecule has 0 saturated carbocycles. The summed E-state index contributed by atoms with van der Waals surface area (Å²) >= 11 is 9.39. The van der Waals surface area contributed by atoms with Crippen molar-refractivity contribution in [3.63, 3.8) is 0 Å². The molecule has 1 heterocycles. The molecule has 1 saturated heterocycles. The lowest BCUT2D eigenvalue weighted by Crippen LogP contribution is -2.39. The highest BCUT2D eigenvalue weighted by molar-refractivity contribution is 9.10. The van der Waals surface area contributed by atoms with E-state index in [1.54, 1.807) is 24.3 Å². The number of para-hydroxylation sites is 1. The Labute approximate surface area is 154 Å². The maximum Gasteiger partial charge on any atom is 0.258 e. The summed E-state index contributed by atoms with van der Waals surface area (Å²) in [5, 5.41) is 3.68. The number of nitrogens with one attached hydrogen (secondary N) is 1. The van der Waals surface area contributed by atoms with Crippen molar-refractivity contribution in [3.05, 3.63) is 58.0 Å². The second kappa shape index (κ2) is 7.90. The van der Waals surface area contributed by atoms with Gasteiger partial charge in [-0.05, 0) is 58.7 Å². The van der Waals surface area contributed by atoms with Crippen molar-refractivity contribution in [1.29, 1.82) is 0 Å². The van der Waals surface area contributed by atoms with Gasteiger partial charge in [-0.15, -0.1) is 0 Å². The van der Waals surface area contributed by atoms with E-state index in [2.05, 4.69) is 32.2 Å². The third kappa shape index (κ3) is 4.42. The fourth-order valence-electron chi connectivity index (χ4n) is 2.75. The molecule has 1 N–H and O–H groups in total. The molecule has 0 aliphatic carbocycles. The normalized spacial score (nSPS) is 16.9. The lowest BCUT2D eigenvalue weighted by Gasteiger charge is -2.20. The lowest BCUT2D eigenvalue weighted by molar-refractivity contribution is -0.123. The summed E-state index contributed by atoms with van der Waals surface area (Å²) in [5.41, 5.74) is 1.16. The van der Waals surface area contributed by atoms with Gasteiger partial charge in [-0.3, -0.25) is 4.79 Å². The summed E-state index contributed by atoms with van der Waals surface area (Å²) in [6.45, 7) is 1.73. The number of carbonyl (C=O) groups is 1. The van der Waals surface area contributed by atoms with Gasteiger partial charge >= 0.3 is 0 Å². The Morgan fingerprint density at radius 1 is 1.25 bits per heavy atom. The topological polar surface area (TPSA) is 41.6 Å². The molecule has 0 spiro atoms. The van der Waals surface area contributed by atoms with E-state index in [4.69, 9.17) is 16.3 Å². The molecule has 0 bridgehead atoms. The smallest absolute Gasteiger partial charge is 0.258 e. The Morgan fingerprint density at radius 3 is 2.75 bits per heavy atom. The van der Waals surface area contributed by atoms with E-state index in [1.807, 2.05) is 18.2 Å². The second-order valence-corrected chi connectivity index (χ2v) is 6.98. The maximum absolute atomic E-state index is 12.1. The zero-order valence-electron chi connectivity index (χ0n) is 13.0. The van der Waals surface area contributed by atoms with Crippen molar-refractivity contribution >= 4 is 39.1 Å². The van der Waals surface area contributed by atoms with Gasteiger partial charge in [0.15, 0.2) is 6.61 Å². The minimum absolute atomic E-state index is 0.00711. The van der Waals surface area contributed by atoms with Crippen molar-refractivity contribution < 1.29 is 9.53 Å². The summed E-state index contributed by atoms with van der Waals surface area (Å²) in [4.78, 5) is 14.3. The van der Waals surface area contributed by atoms with Gasteiger partial charge in [0.2, 0.25) is 0 Å². The molecule has 0 aromatic heterocycles. The van der Waals surface area contributed by atoms with Crippen LogP contribution in [0.4, 0.5) is 5.69 Å². The molecule has 126 valence electrons. The first-order valence-corrected chi connectivity index (χ1v) is 8.96. The third-order valence-corrected chi connectivity index (χ3v) is 4.85. The van der Waals surface area contributed by atoms with Crippen molar-refractivity contribution in [2.45, 2.75) is 12.5 Å². The van der Waals surface area contributed by atoms with Gasteiger partial charge in [0.25, 0.3) is 5.91 Å². The number of halogens is 2. The largest absolute Gasteiger partial charge is 0.484 e. The first-order valence-electron chi connectivity index (χ1n) is 7.79. The van der Waals surface area contributed by atoms with Crippen molar-refractivity contribution in [2.75, 3.05) is 24.6 Å². The van der Waals surface area contributed by atoms with Gasteiger partial charge in [-0.25, -0.2) is 0 Å². The number of ether oxygens (including phenoxy) is 1. The number of rotatable bonds is 5. The molecule has 2 aromatic rings. The molecule has 1 aliphatic rings. The molecule has 1 unspecified atom stereocenters. The number of amides is 1. The van der Waals surface area contributed by atoms with E-state index < -0.39 is 0 Å². The van der Waals surface area contributed by atoms with Crippen molar-refractivity contribution in [2.24, 2.45) is 0 Å². The van der Waals surface area contributed by atoms with Crippen LogP contribution >= 0.6 is 27.5 Å². The van der Waals surface area contributed by atoms with Gasteiger partial charge in [-0.1, -0.05) is 23.7 Å². The Kier molecular flexibility index (Phi) is 5.63. The van der Waals surface area contributed by atoms with E-state index in [9.17, 15) is 4.79 Å². The zero-order chi connectivity index (χ0) is 16.9. The molecule has 1 atom stereocenters. The summed E-state index contributed by atoms with van der Waals surface area (Å²) < 4.78 is 6.54. The molecule has 0 radical (unpaired) electrons. The van der Waals surface area contributed by atoms with Gasteiger partial charge in [0.05, 0.1) is 5.69 Å². The summed E-state index contributed by atoms with van der Waals surface area (Å²) in [7, 11) is 0. The molecular weight excluding hydrogens is 392 g/mol. The standard InChI is InChI=1S/C18H18BrClN2O2/c19-16-3-1-2-4-17(16)22-10-9-14(11-22)21-18(23)12-24-15-7-5-13(20)6-8-15/h1-8,14H,9-12H2,(H,21,23). The van der Waals surface area contributed by atoms with E-state index in [0.29, 0.717) is 10.8 Å². The first kappa shape index (κ1) is 17.1. The molecule has 1 amide bonds. The number of hydrogen-bond donors (Lipinski definition) is 1. The molecule has 1 fully saturated rings. The summed E-state index contributed by atoms with van der Waals surface area (Å²) in [5.74, 6) is 0.528. The van der Waals surface area contributed by atoms with Gasteiger partial charge in [0, 0.05) is 28.6 Å². The first-order chi connectivity index (χ1) is 11.6. The highest BCUT2D eigenvalue weighted by Crippen LogP contribution is 2.28. The molecule has 2 aromatic carbocycles. The van der Waals surface area contributed by atoms with Crippen LogP contribution in [0.25, 0.3) is 0 Å². The van der Waals surface area contributed by atoms with Gasteiger partial charge in [-0.2, -0.15) is 0 Å². The van der Waals surface area contributed by atoms with Crippen molar-refractivity contribution in [3.8, 4) is 5.75 Å². The van der Waals surface area contributed by atoms with Crippen LogP contribution in [-0.4, -0.2) is 31.6 Å². The Bertz CT molecular complexity index is 708. The number of nitrogens with zero attached hydrogens (tertiary/aromatic N) is 1. The Hall–Kier alpha value is -1.72. The van der Waals surface area contributed by atoms with Crippen LogP contribution in [0.15, 0.2) is 53.0 Å². The minimum atomic E-state index is -0.107. The van der Waals surface area contributed by atoms with Crippen LogP contribution in [0.2, 0.25) is 5.02 Å². The summed E-state index contributed by atoms with van der Waals surface area (Å²) in [6, 6.07) is 15.2. The fraction of sp³-hybridized carbons (Fsp3) is 0.278. The van der Waals surface area contributed by atoms with Crippen LogP contribution in [0.3, 0.4) is 0 Å². The van der Waals surface area contributed by atoms with E-state index in [-0.39, 0.29) is 18.6 Å². The van der Waals surface area contributed by atoms with Crippen LogP contribution in [-0.2, 0) is 4.79 Å². The minimum Gasteiger partial charge on any atom is -0.484 e. The second-order valence-electron chi connectivity index (χ2n) is 5.69. The van der Waals surface area contributed by atoms with Crippen LogP contribution in [0.5, 0.6) is 5.75 Å². The Balaban J connectivity index is 1.47. The van der Waals surface area contributed by atoms with Gasteiger partial charge in [0.1, 0.15) is 5.75 Å². The molecule has 4 nitrogen and oxygen atoms in total. The third-order valence-electron chi connectivity index (χ3n) is 3.93. The zero-order valence-corrected chi connectivity index (χ0v) is 15.4. The lowest BCUT2D eigenvalue weighted by atomic mass is 10.2. The molecule has 1 aliphatic heterocycles. The monoisotopic (exact) mass is 408 g/mol. The maximum atomic E-state index is 12.1. The number of carbonyl (C=O) groups excluding carboxylic acids is 1. The van der Waals surface area contributed by atoms with Crippen molar-refractivity contribution in [1.82, 2.24) is 5.32 Å². The summed E-state index contributed by atoms with van der Waals surface area (Å²) in [6.07, 6.45) is 0.925. The number of benzene rings is 2. The number of anilines is 1. The molecule has 6 heteroatoms. The van der Waals surface area contributed by atoms with Crippen LogP contribution in [0.1, 0.15) is 6.42 Å². The quantitative estimate of drug-likeness (QED) is 0.815. The predicted octanol–water partition coefficient (Wildman–Crippen LogP) is 3.88. The highest BCUT2D eigenvalue weighted by Gasteiger charge is 2.25. The molecular formula is C18H18BrClN2O2. The molecule has 3 rings (SSSR count). The van der Waals surface area contributed by atoms with Crippen LogP contribution < -0.4 is 15.0 Å². The van der Waals surface area contributed by atoms with Crippen LogP contribution in [0, 0.1) is 0 Å². The van der Waals surface area contributed by atoms with E-state index in [1.165, 1.54) is 0 Å². The average Bonchev–Trinajstić information content (AvgIpc) is 3.03. The highest BCUT2D eigenvalue weighted by atomic mass is 79.9. The SMILES string of the molecule is O=C(COc1ccc(Cl)cc1)NC1CCN(c2ccccc2Br)C1. The molecule has 24 heavy (non-hydrogen) atoms. The predicted molar refractivity (Wildman–Crippen MR) is 99.8 cm³/mol. The van der Waals surface area contributed by atoms with E-state index >= 15 is 0 Å².